The SMILES string of the molecule is CCCNCc1cccc(S(=O)(=O)N2CCSC(C)C2)c1. The molecule has 4 nitrogen and oxygen atoms in total. The van der Waals surface area contributed by atoms with E-state index in [9.17, 15) is 8.42 Å². The van der Waals surface area contributed by atoms with E-state index in [-0.39, 0.29) is 0 Å². The standard InChI is InChI=1S/C15H24N2O2S2/c1-3-7-16-11-14-5-4-6-15(10-14)21(18,19)17-8-9-20-13(2)12-17/h4-6,10,13,16H,3,7-9,11-12H2,1-2H3. The van der Waals surface area contributed by atoms with Gasteiger partial charge in [-0.05, 0) is 30.7 Å². The third-order valence-corrected chi connectivity index (χ3v) is 6.49. The highest BCUT2D eigenvalue weighted by molar-refractivity contribution is 8.00. The minimum absolute atomic E-state index is 0.364. The highest BCUT2D eigenvalue weighted by Crippen LogP contribution is 2.24. The zero-order chi connectivity index (χ0) is 15.3. The summed E-state index contributed by atoms with van der Waals surface area (Å²) in [6.07, 6.45) is 1.07. The predicted octanol–water partition coefficient (Wildman–Crippen LogP) is 2.31. The van der Waals surface area contributed by atoms with Crippen LogP contribution in [0, 0.1) is 0 Å². The average molecular weight is 329 g/mol. The van der Waals surface area contributed by atoms with Crippen LogP contribution in [0.5, 0.6) is 0 Å². The molecule has 1 aromatic rings. The van der Waals surface area contributed by atoms with E-state index in [2.05, 4.69) is 19.2 Å². The molecule has 1 aliphatic heterocycles. The van der Waals surface area contributed by atoms with Gasteiger partial charge in [0.2, 0.25) is 10.0 Å². The molecule has 1 saturated heterocycles. The molecule has 0 saturated carbocycles. The molecule has 0 amide bonds. The lowest BCUT2D eigenvalue weighted by Gasteiger charge is -2.29. The quantitative estimate of drug-likeness (QED) is 0.814. The van der Waals surface area contributed by atoms with Crippen molar-refractivity contribution in [3.8, 4) is 0 Å². The van der Waals surface area contributed by atoms with Crippen molar-refractivity contribution in [3.05, 3.63) is 29.8 Å². The number of benzene rings is 1. The Morgan fingerprint density at radius 1 is 1.43 bits per heavy atom. The van der Waals surface area contributed by atoms with Crippen molar-refractivity contribution < 1.29 is 8.42 Å². The fourth-order valence-corrected chi connectivity index (χ4v) is 5.20. The number of hydrogen-bond acceptors (Lipinski definition) is 4. The van der Waals surface area contributed by atoms with Gasteiger partial charge in [0.25, 0.3) is 0 Å². The summed E-state index contributed by atoms with van der Waals surface area (Å²) in [7, 11) is -3.36. The zero-order valence-corrected chi connectivity index (χ0v) is 14.3. The van der Waals surface area contributed by atoms with Crippen LogP contribution in [0.3, 0.4) is 0 Å². The molecule has 0 spiro atoms. The summed E-state index contributed by atoms with van der Waals surface area (Å²) in [4.78, 5) is 0.414. The number of rotatable bonds is 6. The van der Waals surface area contributed by atoms with Gasteiger partial charge in [0.15, 0.2) is 0 Å². The molecule has 0 aromatic heterocycles. The van der Waals surface area contributed by atoms with E-state index in [0.717, 1.165) is 24.3 Å². The molecule has 1 N–H and O–H groups in total. The average Bonchev–Trinajstić information content (AvgIpc) is 2.48. The second-order valence-electron chi connectivity index (χ2n) is 5.37. The van der Waals surface area contributed by atoms with Crippen LogP contribution in [0.1, 0.15) is 25.8 Å². The van der Waals surface area contributed by atoms with Crippen LogP contribution in [0.4, 0.5) is 0 Å². The fourth-order valence-electron chi connectivity index (χ4n) is 2.38. The number of nitrogens with one attached hydrogen (secondary N) is 1. The summed E-state index contributed by atoms with van der Waals surface area (Å²) in [6, 6.07) is 7.30. The Bertz CT molecular complexity index is 561. The normalized spacial score (nSPS) is 20.6. The molecule has 2 rings (SSSR count). The van der Waals surface area contributed by atoms with Gasteiger partial charge in [-0.3, -0.25) is 0 Å². The monoisotopic (exact) mass is 328 g/mol. The maximum absolute atomic E-state index is 12.7. The fraction of sp³-hybridized carbons (Fsp3) is 0.600. The van der Waals surface area contributed by atoms with Crippen LogP contribution in [-0.2, 0) is 16.6 Å². The second kappa shape index (κ2) is 7.63. The van der Waals surface area contributed by atoms with Crippen molar-refractivity contribution in [2.24, 2.45) is 0 Å². The molecule has 0 radical (unpaired) electrons. The molecule has 1 aliphatic rings. The Morgan fingerprint density at radius 2 is 2.24 bits per heavy atom. The second-order valence-corrected chi connectivity index (χ2v) is 8.85. The van der Waals surface area contributed by atoms with E-state index in [1.54, 1.807) is 16.4 Å². The van der Waals surface area contributed by atoms with Crippen molar-refractivity contribution >= 4 is 21.8 Å². The highest BCUT2D eigenvalue weighted by atomic mass is 32.2. The molecular weight excluding hydrogens is 304 g/mol. The van der Waals surface area contributed by atoms with E-state index in [1.807, 2.05) is 23.9 Å². The Kier molecular flexibility index (Phi) is 6.10. The Hall–Kier alpha value is -0.560. The van der Waals surface area contributed by atoms with Crippen LogP contribution < -0.4 is 5.32 Å². The van der Waals surface area contributed by atoms with Crippen LogP contribution in [-0.4, -0.2) is 43.4 Å². The predicted molar refractivity (Wildman–Crippen MR) is 89.1 cm³/mol. The topological polar surface area (TPSA) is 49.4 Å². The lowest BCUT2D eigenvalue weighted by Crippen LogP contribution is -2.40. The molecule has 21 heavy (non-hydrogen) atoms. The van der Waals surface area contributed by atoms with Crippen LogP contribution in [0.15, 0.2) is 29.2 Å². The molecule has 1 heterocycles. The molecule has 0 bridgehead atoms. The van der Waals surface area contributed by atoms with E-state index in [1.165, 1.54) is 0 Å². The summed E-state index contributed by atoms with van der Waals surface area (Å²) in [6.45, 7) is 7.06. The van der Waals surface area contributed by atoms with Gasteiger partial charge in [-0.2, -0.15) is 16.1 Å². The van der Waals surface area contributed by atoms with Gasteiger partial charge in [0.05, 0.1) is 4.90 Å². The van der Waals surface area contributed by atoms with Gasteiger partial charge in [0.1, 0.15) is 0 Å². The Morgan fingerprint density at radius 3 is 2.95 bits per heavy atom. The van der Waals surface area contributed by atoms with Gasteiger partial charge >= 0.3 is 0 Å². The first-order valence-corrected chi connectivity index (χ1v) is 9.94. The molecule has 0 aliphatic carbocycles. The molecule has 6 heteroatoms. The molecule has 1 aromatic carbocycles. The summed E-state index contributed by atoms with van der Waals surface area (Å²) < 4.78 is 27.0. The minimum Gasteiger partial charge on any atom is -0.313 e. The summed E-state index contributed by atoms with van der Waals surface area (Å²) in [5, 5.41) is 3.67. The van der Waals surface area contributed by atoms with Gasteiger partial charge in [0, 0.05) is 30.6 Å². The van der Waals surface area contributed by atoms with Gasteiger partial charge in [-0.1, -0.05) is 26.0 Å². The summed E-state index contributed by atoms with van der Waals surface area (Å²) in [5.74, 6) is 0.873. The van der Waals surface area contributed by atoms with E-state index < -0.39 is 10.0 Å². The third-order valence-electron chi connectivity index (χ3n) is 3.50. The first-order valence-electron chi connectivity index (χ1n) is 7.45. The first kappa shape index (κ1) is 16.8. The molecular formula is C15H24N2O2S2. The molecule has 1 fully saturated rings. The van der Waals surface area contributed by atoms with Crippen LogP contribution in [0.25, 0.3) is 0 Å². The van der Waals surface area contributed by atoms with Crippen molar-refractivity contribution in [2.45, 2.75) is 37.0 Å². The number of hydrogen-bond donors (Lipinski definition) is 1. The first-order chi connectivity index (χ1) is 10.0. The Labute approximate surface area is 132 Å². The van der Waals surface area contributed by atoms with Crippen molar-refractivity contribution in [2.75, 3.05) is 25.4 Å². The third kappa shape index (κ3) is 4.45. The van der Waals surface area contributed by atoms with Gasteiger partial charge in [-0.15, -0.1) is 0 Å². The number of sulfonamides is 1. The van der Waals surface area contributed by atoms with E-state index in [4.69, 9.17) is 0 Å². The smallest absolute Gasteiger partial charge is 0.243 e. The molecule has 1 atom stereocenters. The van der Waals surface area contributed by atoms with E-state index in [0.29, 0.717) is 29.8 Å². The van der Waals surface area contributed by atoms with Crippen LogP contribution in [0.2, 0.25) is 0 Å². The molecule has 1 unspecified atom stereocenters. The highest BCUT2D eigenvalue weighted by Gasteiger charge is 2.28. The minimum atomic E-state index is -3.36. The summed E-state index contributed by atoms with van der Waals surface area (Å²) in [5.41, 5.74) is 1.02. The largest absolute Gasteiger partial charge is 0.313 e. The van der Waals surface area contributed by atoms with Gasteiger partial charge < -0.3 is 5.32 Å². The van der Waals surface area contributed by atoms with Gasteiger partial charge in [-0.25, -0.2) is 8.42 Å². The maximum Gasteiger partial charge on any atom is 0.243 e. The molecule has 118 valence electrons. The van der Waals surface area contributed by atoms with E-state index >= 15 is 0 Å². The number of thioether (sulfide) groups is 1. The van der Waals surface area contributed by atoms with Crippen LogP contribution >= 0.6 is 11.8 Å². The van der Waals surface area contributed by atoms with Crippen molar-refractivity contribution in [3.63, 3.8) is 0 Å². The lowest BCUT2D eigenvalue weighted by atomic mass is 10.2. The Balaban J connectivity index is 2.14. The summed E-state index contributed by atoms with van der Waals surface area (Å²) >= 11 is 1.83. The number of nitrogens with zero attached hydrogens (tertiary/aromatic N) is 1. The van der Waals surface area contributed by atoms with Crippen molar-refractivity contribution in [1.82, 2.24) is 9.62 Å². The lowest BCUT2D eigenvalue weighted by molar-refractivity contribution is 0.424. The maximum atomic E-state index is 12.7. The zero-order valence-electron chi connectivity index (χ0n) is 12.7. The van der Waals surface area contributed by atoms with Crippen molar-refractivity contribution in [1.29, 1.82) is 0 Å².